The summed E-state index contributed by atoms with van der Waals surface area (Å²) in [6, 6.07) is 10.8. The van der Waals surface area contributed by atoms with E-state index in [9.17, 15) is 13.2 Å². The van der Waals surface area contributed by atoms with Gasteiger partial charge < -0.3 is 10.5 Å². The third-order valence-corrected chi connectivity index (χ3v) is 2.90. The molecule has 0 radical (unpaired) electrons. The Morgan fingerprint density at radius 3 is 2.35 bits per heavy atom. The number of nitrogens with two attached hydrogens (primary N) is 1. The quantitative estimate of drug-likeness (QED) is 0.912. The van der Waals surface area contributed by atoms with Crippen LogP contribution in [0.25, 0.3) is 0 Å². The molecule has 0 saturated carbocycles. The highest BCUT2D eigenvalue weighted by molar-refractivity contribution is 5.44. The fraction of sp³-hybridized carbons (Fsp3) is 0.200. The molecule has 20 heavy (non-hydrogen) atoms. The van der Waals surface area contributed by atoms with Crippen LogP contribution in [0, 0.1) is 6.92 Å². The summed E-state index contributed by atoms with van der Waals surface area (Å²) in [6.45, 7) is 1.82. The molecule has 0 amide bonds. The zero-order valence-electron chi connectivity index (χ0n) is 10.9. The Kier molecular flexibility index (Phi) is 3.99. The van der Waals surface area contributed by atoms with E-state index >= 15 is 0 Å². The number of benzene rings is 2. The Bertz CT molecular complexity index is 608. The third kappa shape index (κ3) is 3.11. The maximum absolute atomic E-state index is 13.0. The standard InChI is InChI=1S/C15H14F3NO/c1-10-4-2-3-5-13(10)20-14-7-6-11(9-19)8-12(14)15(16,17)18/h2-8H,9,19H2,1H3. The van der Waals surface area contributed by atoms with E-state index in [-0.39, 0.29) is 12.3 Å². The number of halogens is 3. The maximum atomic E-state index is 13.0. The van der Waals surface area contributed by atoms with Crippen LogP contribution >= 0.6 is 0 Å². The van der Waals surface area contributed by atoms with Gasteiger partial charge in [0.15, 0.2) is 0 Å². The van der Waals surface area contributed by atoms with Crippen LogP contribution in [0.2, 0.25) is 0 Å². The van der Waals surface area contributed by atoms with Gasteiger partial charge in [0, 0.05) is 6.54 Å². The molecule has 2 N–H and O–H groups in total. The van der Waals surface area contributed by atoms with Gasteiger partial charge in [-0.05, 0) is 36.2 Å². The van der Waals surface area contributed by atoms with Gasteiger partial charge in [0.25, 0.3) is 0 Å². The summed E-state index contributed by atoms with van der Waals surface area (Å²) >= 11 is 0. The predicted molar refractivity (Wildman–Crippen MR) is 70.6 cm³/mol. The summed E-state index contributed by atoms with van der Waals surface area (Å²) < 4.78 is 44.5. The van der Waals surface area contributed by atoms with Crippen molar-refractivity contribution in [3.63, 3.8) is 0 Å². The van der Waals surface area contributed by atoms with E-state index in [1.807, 2.05) is 0 Å². The molecular formula is C15H14F3NO. The Morgan fingerprint density at radius 1 is 1.05 bits per heavy atom. The van der Waals surface area contributed by atoms with Crippen LogP contribution < -0.4 is 10.5 Å². The number of rotatable bonds is 3. The maximum Gasteiger partial charge on any atom is 0.419 e. The molecule has 0 aromatic heterocycles. The van der Waals surface area contributed by atoms with Crippen molar-refractivity contribution in [2.45, 2.75) is 19.6 Å². The number of hydrogen-bond donors (Lipinski definition) is 1. The summed E-state index contributed by atoms with van der Waals surface area (Å²) in [5, 5.41) is 0. The van der Waals surface area contributed by atoms with Gasteiger partial charge in [0.1, 0.15) is 11.5 Å². The van der Waals surface area contributed by atoms with Gasteiger partial charge in [-0.3, -0.25) is 0 Å². The summed E-state index contributed by atoms with van der Waals surface area (Å²) in [5.41, 5.74) is 5.74. The second kappa shape index (κ2) is 5.54. The molecule has 2 rings (SSSR count). The molecule has 0 aliphatic rings. The zero-order valence-corrected chi connectivity index (χ0v) is 10.9. The molecule has 0 unspecified atom stereocenters. The normalized spacial score (nSPS) is 11.4. The van der Waals surface area contributed by atoms with Crippen molar-refractivity contribution < 1.29 is 17.9 Å². The minimum atomic E-state index is -4.48. The largest absolute Gasteiger partial charge is 0.456 e. The number of para-hydroxylation sites is 1. The highest BCUT2D eigenvalue weighted by atomic mass is 19.4. The van der Waals surface area contributed by atoms with E-state index in [0.717, 1.165) is 11.6 Å². The Balaban J connectivity index is 2.44. The summed E-state index contributed by atoms with van der Waals surface area (Å²) in [5.74, 6) is 0.183. The smallest absolute Gasteiger partial charge is 0.419 e. The molecule has 5 heteroatoms. The minimum absolute atomic E-state index is 0.0493. The predicted octanol–water partition coefficient (Wildman–Crippen LogP) is 4.26. The van der Waals surface area contributed by atoms with Gasteiger partial charge >= 0.3 is 6.18 Å². The van der Waals surface area contributed by atoms with Crippen molar-refractivity contribution in [3.8, 4) is 11.5 Å². The van der Waals surface area contributed by atoms with Crippen molar-refractivity contribution in [3.05, 3.63) is 59.2 Å². The van der Waals surface area contributed by atoms with E-state index in [2.05, 4.69) is 0 Å². The third-order valence-electron chi connectivity index (χ3n) is 2.90. The minimum Gasteiger partial charge on any atom is -0.456 e. The van der Waals surface area contributed by atoms with Crippen LogP contribution in [0.15, 0.2) is 42.5 Å². The lowest BCUT2D eigenvalue weighted by Gasteiger charge is -2.15. The number of aryl methyl sites for hydroxylation is 1. The number of alkyl halides is 3. The fourth-order valence-electron chi connectivity index (χ4n) is 1.80. The van der Waals surface area contributed by atoms with Gasteiger partial charge in [0.05, 0.1) is 5.56 Å². The first kappa shape index (κ1) is 14.4. The average molecular weight is 281 g/mol. The van der Waals surface area contributed by atoms with Crippen LogP contribution in [0.3, 0.4) is 0 Å². The summed E-state index contributed by atoms with van der Waals surface area (Å²) in [6.07, 6.45) is -4.48. The summed E-state index contributed by atoms with van der Waals surface area (Å²) in [7, 11) is 0. The van der Waals surface area contributed by atoms with Crippen LogP contribution in [0.1, 0.15) is 16.7 Å². The van der Waals surface area contributed by atoms with Gasteiger partial charge in [-0.2, -0.15) is 13.2 Å². The second-order valence-corrected chi connectivity index (χ2v) is 4.40. The lowest BCUT2D eigenvalue weighted by atomic mass is 10.1. The van der Waals surface area contributed by atoms with Gasteiger partial charge in [0.2, 0.25) is 0 Å². The molecule has 0 aliphatic heterocycles. The van der Waals surface area contributed by atoms with Crippen molar-refractivity contribution in [1.82, 2.24) is 0 Å². The van der Waals surface area contributed by atoms with E-state index in [1.54, 1.807) is 31.2 Å². The van der Waals surface area contributed by atoms with Crippen molar-refractivity contribution in [1.29, 1.82) is 0 Å². The topological polar surface area (TPSA) is 35.2 Å². The Hall–Kier alpha value is -2.01. The van der Waals surface area contributed by atoms with Crippen molar-refractivity contribution >= 4 is 0 Å². The first-order valence-corrected chi connectivity index (χ1v) is 6.05. The fourth-order valence-corrected chi connectivity index (χ4v) is 1.80. The van der Waals surface area contributed by atoms with Crippen LogP contribution in [-0.4, -0.2) is 0 Å². The van der Waals surface area contributed by atoms with Crippen molar-refractivity contribution in [2.24, 2.45) is 5.73 Å². The van der Waals surface area contributed by atoms with Gasteiger partial charge in [-0.1, -0.05) is 24.3 Å². The highest BCUT2D eigenvalue weighted by Crippen LogP contribution is 2.39. The van der Waals surface area contributed by atoms with E-state index in [0.29, 0.717) is 11.3 Å². The molecule has 0 fully saturated rings. The van der Waals surface area contributed by atoms with Gasteiger partial charge in [-0.25, -0.2) is 0 Å². The molecule has 0 bridgehead atoms. The van der Waals surface area contributed by atoms with Crippen LogP contribution in [-0.2, 0) is 12.7 Å². The monoisotopic (exact) mass is 281 g/mol. The lowest BCUT2D eigenvalue weighted by molar-refractivity contribution is -0.138. The molecule has 0 spiro atoms. The first-order valence-electron chi connectivity index (χ1n) is 6.05. The van der Waals surface area contributed by atoms with Crippen LogP contribution in [0.5, 0.6) is 11.5 Å². The number of ether oxygens (including phenoxy) is 1. The Morgan fingerprint density at radius 2 is 1.75 bits per heavy atom. The van der Waals surface area contributed by atoms with Crippen molar-refractivity contribution in [2.75, 3.05) is 0 Å². The molecule has 0 heterocycles. The summed E-state index contributed by atoms with van der Waals surface area (Å²) in [4.78, 5) is 0. The van der Waals surface area contributed by atoms with Crippen LogP contribution in [0.4, 0.5) is 13.2 Å². The second-order valence-electron chi connectivity index (χ2n) is 4.40. The molecule has 106 valence electrons. The lowest BCUT2D eigenvalue weighted by Crippen LogP contribution is -2.09. The molecule has 0 aliphatic carbocycles. The number of hydrogen-bond acceptors (Lipinski definition) is 2. The molecular weight excluding hydrogens is 267 g/mol. The molecule has 0 atom stereocenters. The van der Waals surface area contributed by atoms with Gasteiger partial charge in [-0.15, -0.1) is 0 Å². The SMILES string of the molecule is Cc1ccccc1Oc1ccc(CN)cc1C(F)(F)F. The molecule has 2 aromatic carbocycles. The Labute approximate surface area is 115 Å². The van der Waals surface area contributed by atoms with E-state index in [1.165, 1.54) is 12.1 Å². The first-order chi connectivity index (χ1) is 9.41. The highest BCUT2D eigenvalue weighted by Gasteiger charge is 2.34. The molecule has 0 saturated heterocycles. The molecule has 2 aromatic rings. The van der Waals surface area contributed by atoms with E-state index < -0.39 is 11.7 Å². The van der Waals surface area contributed by atoms with E-state index in [4.69, 9.17) is 10.5 Å². The zero-order chi connectivity index (χ0) is 14.8. The molecule has 2 nitrogen and oxygen atoms in total. The average Bonchev–Trinajstić information content (AvgIpc) is 2.40.